The minimum atomic E-state index is 0.223. The lowest BCUT2D eigenvalue weighted by atomic mass is 10.2. The van der Waals surface area contributed by atoms with Crippen LogP contribution in [0.1, 0.15) is 25.7 Å². The van der Waals surface area contributed by atoms with Crippen molar-refractivity contribution in [2.75, 3.05) is 42.9 Å². The van der Waals surface area contributed by atoms with Crippen molar-refractivity contribution in [3.63, 3.8) is 0 Å². The van der Waals surface area contributed by atoms with E-state index in [1.165, 1.54) is 25.0 Å². The normalized spacial score (nSPS) is 10.5. The molecule has 108 valence electrons. The zero-order chi connectivity index (χ0) is 14.1. The summed E-state index contributed by atoms with van der Waals surface area (Å²) in [5.41, 5.74) is 0. The summed E-state index contributed by atoms with van der Waals surface area (Å²) in [4.78, 5) is 14.2. The molecule has 1 heterocycles. The monoisotopic (exact) mass is 303 g/mol. The van der Waals surface area contributed by atoms with Crippen molar-refractivity contribution >= 4 is 35.3 Å². The molecule has 0 aromatic carbocycles. The summed E-state index contributed by atoms with van der Waals surface area (Å²) >= 11 is 7.77. The fourth-order valence-corrected chi connectivity index (χ4v) is 2.19. The summed E-state index contributed by atoms with van der Waals surface area (Å²) in [6, 6.07) is 0. The molecule has 7 heteroatoms. The Morgan fingerprint density at radius 1 is 1.11 bits per heavy atom. The largest absolute Gasteiger partial charge is 0.354 e. The second-order valence-electron chi connectivity index (χ2n) is 4.46. The van der Waals surface area contributed by atoms with Gasteiger partial charge in [-0.15, -0.1) is 0 Å². The van der Waals surface area contributed by atoms with E-state index >= 15 is 0 Å². The summed E-state index contributed by atoms with van der Waals surface area (Å²) in [6.07, 6.45) is 7.07. The van der Waals surface area contributed by atoms with Crippen LogP contribution in [0.4, 0.5) is 11.9 Å². The van der Waals surface area contributed by atoms with Gasteiger partial charge in [-0.3, -0.25) is 0 Å². The van der Waals surface area contributed by atoms with Gasteiger partial charge >= 0.3 is 0 Å². The number of thioether (sulfide) groups is 1. The van der Waals surface area contributed by atoms with Crippen molar-refractivity contribution in [2.45, 2.75) is 25.7 Å². The molecule has 0 bridgehead atoms. The van der Waals surface area contributed by atoms with Crippen LogP contribution in [-0.2, 0) is 0 Å². The number of anilines is 2. The third kappa shape index (κ3) is 6.82. The van der Waals surface area contributed by atoms with Gasteiger partial charge in [0.05, 0.1) is 0 Å². The van der Waals surface area contributed by atoms with Crippen LogP contribution < -0.4 is 10.2 Å². The fraction of sp³-hybridized carbons (Fsp3) is 0.750. The number of aromatic nitrogens is 3. The maximum atomic E-state index is 5.86. The Morgan fingerprint density at radius 2 is 1.84 bits per heavy atom. The zero-order valence-electron chi connectivity index (χ0n) is 11.8. The Bertz CT molecular complexity index is 375. The second-order valence-corrected chi connectivity index (χ2v) is 5.78. The van der Waals surface area contributed by atoms with Crippen LogP contribution in [-0.4, -0.2) is 47.6 Å². The molecule has 1 aromatic heterocycles. The van der Waals surface area contributed by atoms with Gasteiger partial charge in [-0.2, -0.15) is 26.7 Å². The highest BCUT2D eigenvalue weighted by molar-refractivity contribution is 7.98. The van der Waals surface area contributed by atoms with Crippen LogP contribution in [0.15, 0.2) is 0 Å². The van der Waals surface area contributed by atoms with Crippen molar-refractivity contribution in [3.8, 4) is 0 Å². The number of unbranched alkanes of at least 4 members (excludes halogenated alkanes) is 3. The lowest BCUT2D eigenvalue weighted by Gasteiger charge is -2.11. The number of rotatable bonds is 9. The summed E-state index contributed by atoms with van der Waals surface area (Å²) in [5, 5.41) is 3.42. The van der Waals surface area contributed by atoms with Gasteiger partial charge in [-0.05, 0) is 36.5 Å². The number of nitrogens with one attached hydrogen (secondary N) is 1. The van der Waals surface area contributed by atoms with E-state index in [0.717, 1.165) is 13.0 Å². The molecule has 1 N–H and O–H groups in total. The maximum absolute atomic E-state index is 5.86. The maximum Gasteiger partial charge on any atom is 0.230 e. The third-order valence-corrected chi connectivity index (χ3v) is 3.42. The molecule has 0 saturated heterocycles. The number of hydrogen-bond donors (Lipinski definition) is 1. The molecule has 0 radical (unpaired) electrons. The SMILES string of the molecule is CSCCCCCCNc1nc(Cl)nc(N(C)C)n1. The van der Waals surface area contributed by atoms with E-state index in [1.54, 1.807) is 4.90 Å². The molecular weight excluding hydrogens is 282 g/mol. The van der Waals surface area contributed by atoms with Gasteiger partial charge in [0.25, 0.3) is 0 Å². The lowest BCUT2D eigenvalue weighted by molar-refractivity contribution is 0.687. The molecule has 0 amide bonds. The van der Waals surface area contributed by atoms with E-state index in [9.17, 15) is 0 Å². The van der Waals surface area contributed by atoms with Gasteiger partial charge in [0, 0.05) is 20.6 Å². The molecule has 0 aliphatic carbocycles. The van der Waals surface area contributed by atoms with Gasteiger partial charge in [0.2, 0.25) is 17.2 Å². The molecule has 0 atom stereocenters. The van der Waals surface area contributed by atoms with Crippen LogP contribution >= 0.6 is 23.4 Å². The molecule has 0 aliphatic rings. The molecule has 1 aromatic rings. The number of hydrogen-bond acceptors (Lipinski definition) is 6. The highest BCUT2D eigenvalue weighted by Gasteiger charge is 2.05. The fourth-order valence-electron chi connectivity index (χ4n) is 1.54. The first-order valence-corrected chi connectivity index (χ1v) is 8.22. The topological polar surface area (TPSA) is 53.9 Å². The minimum absolute atomic E-state index is 0.223. The Balaban J connectivity index is 2.29. The predicted molar refractivity (Wildman–Crippen MR) is 84.5 cm³/mol. The smallest absolute Gasteiger partial charge is 0.230 e. The number of nitrogens with zero attached hydrogens (tertiary/aromatic N) is 4. The Kier molecular flexibility index (Phi) is 7.90. The standard InChI is InChI=1S/C12H22ClN5S/c1-18(2)12-16-10(13)15-11(17-12)14-8-6-4-5-7-9-19-3/h4-9H2,1-3H3,(H,14,15,16,17). The van der Waals surface area contributed by atoms with Gasteiger partial charge in [-0.25, -0.2) is 0 Å². The van der Waals surface area contributed by atoms with Crippen molar-refractivity contribution in [1.29, 1.82) is 0 Å². The van der Waals surface area contributed by atoms with E-state index in [-0.39, 0.29) is 5.28 Å². The van der Waals surface area contributed by atoms with Crippen LogP contribution in [0, 0.1) is 0 Å². The minimum Gasteiger partial charge on any atom is -0.354 e. The molecule has 0 saturated carbocycles. The molecule has 1 rings (SSSR count). The molecule has 0 unspecified atom stereocenters. The van der Waals surface area contributed by atoms with Crippen molar-refractivity contribution in [2.24, 2.45) is 0 Å². The Labute approximate surface area is 124 Å². The van der Waals surface area contributed by atoms with Gasteiger partial charge in [0.15, 0.2) is 0 Å². The Morgan fingerprint density at radius 3 is 2.53 bits per heavy atom. The first-order valence-electron chi connectivity index (χ1n) is 6.45. The van der Waals surface area contributed by atoms with E-state index in [2.05, 4.69) is 26.5 Å². The first-order chi connectivity index (χ1) is 9.13. The van der Waals surface area contributed by atoms with Crippen molar-refractivity contribution in [3.05, 3.63) is 5.28 Å². The quantitative estimate of drug-likeness (QED) is 0.708. The van der Waals surface area contributed by atoms with Crippen molar-refractivity contribution < 1.29 is 0 Å². The third-order valence-electron chi connectivity index (χ3n) is 2.55. The highest BCUT2D eigenvalue weighted by atomic mass is 35.5. The van der Waals surface area contributed by atoms with E-state index in [4.69, 9.17) is 11.6 Å². The zero-order valence-corrected chi connectivity index (χ0v) is 13.4. The predicted octanol–water partition coefficient (Wildman–Crippen LogP) is 2.93. The summed E-state index contributed by atoms with van der Waals surface area (Å²) in [7, 11) is 3.75. The summed E-state index contributed by atoms with van der Waals surface area (Å²) in [6.45, 7) is 0.868. The van der Waals surface area contributed by atoms with Gasteiger partial charge < -0.3 is 10.2 Å². The van der Waals surface area contributed by atoms with E-state index in [1.807, 2.05) is 25.9 Å². The molecule has 19 heavy (non-hydrogen) atoms. The molecule has 5 nitrogen and oxygen atoms in total. The summed E-state index contributed by atoms with van der Waals surface area (Å²) in [5.74, 6) is 2.37. The van der Waals surface area contributed by atoms with E-state index < -0.39 is 0 Å². The number of halogens is 1. The molecule has 0 spiro atoms. The first kappa shape index (κ1) is 16.3. The average molecular weight is 304 g/mol. The van der Waals surface area contributed by atoms with Crippen LogP contribution in [0.3, 0.4) is 0 Å². The lowest BCUT2D eigenvalue weighted by Crippen LogP contribution is -2.15. The molecule has 0 aliphatic heterocycles. The van der Waals surface area contributed by atoms with Gasteiger partial charge in [0.1, 0.15) is 0 Å². The highest BCUT2D eigenvalue weighted by Crippen LogP contribution is 2.11. The Hall–Kier alpha value is -0.750. The van der Waals surface area contributed by atoms with Crippen LogP contribution in [0.5, 0.6) is 0 Å². The van der Waals surface area contributed by atoms with Crippen LogP contribution in [0.25, 0.3) is 0 Å². The molecule has 0 fully saturated rings. The van der Waals surface area contributed by atoms with E-state index in [0.29, 0.717) is 11.9 Å². The second kappa shape index (κ2) is 9.20. The van der Waals surface area contributed by atoms with Crippen LogP contribution in [0.2, 0.25) is 5.28 Å². The van der Waals surface area contributed by atoms with Crippen molar-refractivity contribution in [1.82, 2.24) is 15.0 Å². The average Bonchev–Trinajstić information content (AvgIpc) is 2.37. The summed E-state index contributed by atoms with van der Waals surface area (Å²) < 4.78 is 0. The molecular formula is C12H22ClN5S. The van der Waals surface area contributed by atoms with Gasteiger partial charge in [-0.1, -0.05) is 12.8 Å².